The summed E-state index contributed by atoms with van der Waals surface area (Å²) in [7, 11) is 3.18. The first-order valence-electron chi connectivity index (χ1n) is 10.7. The number of hydrogen-bond acceptors (Lipinski definition) is 4. The van der Waals surface area contributed by atoms with E-state index in [4.69, 9.17) is 9.47 Å². The van der Waals surface area contributed by atoms with Gasteiger partial charge in [-0.1, -0.05) is 59.7 Å². The fourth-order valence-electron chi connectivity index (χ4n) is 4.41. The number of nitrogens with one attached hydrogen (secondary N) is 1. The monoisotopic (exact) mass is 428 g/mol. The van der Waals surface area contributed by atoms with Crippen LogP contribution in [0.5, 0.6) is 11.5 Å². The number of hydrogen-bond donors (Lipinski definition) is 1. The smallest absolute Gasteiger partial charge is 0.244 e. The van der Waals surface area contributed by atoms with Crippen molar-refractivity contribution in [1.29, 1.82) is 0 Å². The topological polar surface area (TPSA) is 59.9 Å². The van der Waals surface area contributed by atoms with Gasteiger partial charge in [0.1, 0.15) is 0 Å². The van der Waals surface area contributed by atoms with E-state index >= 15 is 0 Å². The molecule has 4 rings (SSSR count). The normalized spacial score (nSPS) is 16.6. The van der Waals surface area contributed by atoms with Crippen LogP contribution in [0.15, 0.2) is 71.8 Å². The molecule has 1 saturated carbocycles. The van der Waals surface area contributed by atoms with E-state index < -0.39 is 0 Å². The summed E-state index contributed by atoms with van der Waals surface area (Å²) in [6.07, 6.45) is 2.38. The van der Waals surface area contributed by atoms with E-state index in [0.717, 1.165) is 12.0 Å². The molecule has 0 unspecified atom stereocenters. The van der Waals surface area contributed by atoms with Crippen LogP contribution in [0.25, 0.3) is 0 Å². The van der Waals surface area contributed by atoms with Gasteiger partial charge in [0.15, 0.2) is 11.5 Å². The average molecular weight is 429 g/mol. The number of ether oxygens (including phenoxy) is 2. The Labute approximate surface area is 189 Å². The van der Waals surface area contributed by atoms with Crippen molar-refractivity contribution in [2.75, 3.05) is 14.2 Å². The van der Waals surface area contributed by atoms with Crippen molar-refractivity contribution in [2.24, 2.45) is 11.0 Å². The molecular weight excluding hydrogens is 400 g/mol. The van der Waals surface area contributed by atoms with Crippen LogP contribution in [0.2, 0.25) is 0 Å². The Hall–Kier alpha value is -3.60. The highest BCUT2D eigenvalue weighted by Crippen LogP contribution is 2.59. The Kier molecular flexibility index (Phi) is 5.99. The van der Waals surface area contributed by atoms with Crippen molar-refractivity contribution in [2.45, 2.75) is 25.7 Å². The summed E-state index contributed by atoms with van der Waals surface area (Å²) < 4.78 is 10.6. The molecule has 1 amide bonds. The lowest BCUT2D eigenvalue weighted by atomic mass is 9.84. The Morgan fingerprint density at radius 1 is 0.938 bits per heavy atom. The van der Waals surface area contributed by atoms with Crippen LogP contribution in [0.3, 0.4) is 0 Å². The van der Waals surface area contributed by atoms with Crippen LogP contribution >= 0.6 is 0 Å². The fraction of sp³-hybridized carbons (Fsp3) is 0.259. The van der Waals surface area contributed by atoms with E-state index in [1.807, 2.05) is 18.2 Å². The standard InChI is InChI=1S/C27H28N2O3/c1-18-7-5-9-21(13-18)27(22-10-6-8-19(2)14-22)16-23(27)26(30)29-28-17-20-11-12-24(31-3)25(15-20)32-4/h5-15,17,23H,16H2,1-4H3,(H,29,30)/b28-17-/t23-/m1/s1. The number of amides is 1. The number of nitrogens with zero attached hydrogens (tertiary/aromatic N) is 1. The maximum absolute atomic E-state index is 13.1. The molecule has 1 atom stereocenters. The first-order chi connectivity index (χ1) is 15.5. The summed E-state index contributed by atoms with van der Waals surface area (Å²) in [5.74, 6) is 1.01. The van der Waals surface area contributed by atoms with E-state index in [2.05, 4.69) is 72.9 Å². The summed E-state index contributed by atoms with van der Waals surface area (Å²) in [6, 6.07) is 22.4. The van der Waals surface area contributed by atoms with E-state index in [1.165, 1.54) is 22.3 Å². The van der Waals surface area contributed by atoms with Gasteiger partial charge in [-0.15, -0.1) is 0 Å². The molecule has 164 valence electrons. The largest absolute Gasteiger partial charge is 0.493 e. The molecule has 1 aliphatic rings. The maximum atomic E-state index is 13.1. The summed E-state index contributed by atoms with van der Waals surface area (Å²) in [5.41, 5.74) is 7.95. The molecule has 3 aromatic rings. The van der Waals surface area contributed by atoms with Crippen molar-refractivity contribution in [3.63, 3.8) is 0 Å². The molecular formula is C27H28N2O3. The molecule has 32 heavy (non-hydrogen) atoms. The molecule has 5 nitrogen and oxygen atoms in total. The highest BCUT2D eigenvalue weighted by Gasteiger charge is 2.60. The van der Waals surface area contributed by atoms with Crippen LogP contribution in [0.1, 0.15) is 34.2 Å². The number of methoxy groups -OCH3 is 2. The number of carbonyl (C=O) groups excluding carboxylic acids is 1. The SMILES string of the molecule is COc1ccc(/C=N\NC(=O)[C@H]2CC2(c2cccc(C)c2)c2cccc(C)c2)cc1OC. The Balaban J connectivity index is 1.55. The highest BCUT2D eigenvalue weighted by molar-refractivity contribution is 5.88. The number of aryl methyl sites for hydroxylation is 2. The average Bonchev–Trinajstić information content (AvgIpc) is 3.56. The fourth-order valence-corrected chi connectivity index (χ4v) is 4.41. The lowest BCUT2D eigenvalue weighted by molar-refractivity contribution is -0.122. The van der Waals surface area contributed by atoms with Crippen LogP contribution < -0.4 is 14.9 Å². The van der Waals surface area contributed by atoms with Crippen LogP contribution in [0, 0.1) is 19.8 Å². The number of rotatable bonds is 7. The molecule has 5 heteroatoms. The summed E-state index contributed by atoms with van der Waals surface area (Å²) in [5, 5.41) is 4.20. The van der Waals surface area contributed by atoms with Gasteiger partial charge in [-0.05, 0) is 55.2 Å². The molecule has 0 spiro atoms. The molecule has 0 saturated heterocycles. The number of carbonyl (C=O) groups is 1. The lowest BCUT2D eigenvalue weighted by Crippen LogP contribution is -2.25. The minimum absolute atomic E-state index is 0.0789. The molecule has 0 heterocycles. The minimum atomic E-state index is -0.318. The Morgan fingerprint density at radius 3 is 2.12 bits per heavy atom. The molecule has 1 N–H and O–H groups in total. The van der Waals surface area contributed by atoms with Crippen LogP contribution in [0.4, 0.5) is 0 Å². The van der Waals surface area contributed by atoms with Crippen molar-refractivity contribution < 1.29 is 14.3 Å². The molecule has 0 radical (unpaired) electrons. The van der Waals surface area contributed by atoms with Gasteiger partial charge in [0.05, 0.1) is 26.4 Å². The zero-order chi connectivity index (χ0) is 22.7. The molecule has 1 fully saturated rings. The summed E-state index contributed by atoms with van der Waals surface area (Å²) >= 11 is 0. The first-order valence-corrected chi connectivity index (χ1v) is 10.7. The van der Waals surface area contributed by atoms with Crippen LogP contribution in [-0.4, -0.2) is 26.3 Å². The predicted octanol–water partition coefficient (Wildman–Crippen LogP) is 4.78. The Morgan fingerprint density at radius 2 is 1.56 bits per heavy atom. The lowest BCUT2D eigenvalue weighted by Gasteiger charge is -2.19. The second-order valence-electron chi connectivity index (χ2n) is 8.32. The summed E-state index contributed by atoms with van der Waals surface area (Å²) in [4.78, 5) is 13.1. The van der Waals surface area contributed by atoms with Crippen LogP contribution in [-0.2, 0) is 10.2 Å². The molecule has 0 aliphatic heterocycles. The molecule has 1 aliphatic carbocycles. The minimum Gasteiger partial charge on any atom is -0.493 e. The first kappa shape index (κ1) is 21.6. The van der Waals surface area contributed by atoms with E-state index in [1.54, 1.807) is 20.4 Å². The van der Waals surface area contributed by atoms with Gasteiger partial charge in [-0.2, -0.15) is 5.10 Å². The van der Waals surface area contributed by atoms with Gasteiger partial charge >= 0.3 is 0 Å². The second-order valence-corrected chi connectivity index (χ2v) is 8.32. The Bertz CT molecular complexity index is 1120. The zero-order valence-corrected chi connectivity index (χ0v) is 18.9. The molecule has 0 bridgehead atoms. The third-order valence-corrected chi connectivity index (χ3v) is 6.14. The van der Waals surface area contributed by atoms with Gasteiger partial charge in [0.2, 0.25) is 5.91 Å². The van der Waals surface area contributed by atoms with Gasteiger partial charge in [-0.25, -0.2) is 5.43 Å². The zero-order valence-electron chi connectivity index (χ0n) is 18.9. The second kappa shape index (κ2) is 8.87. The predicted molar refractivity (Wildman–Crippen MR) is 127 cm³/mol. The van der Waals surface area contributed by atoms with E-state index in [9.17, 15) is 4.79 Å². The van der Waals surface area contributed by atoms with Crippen molar-refractivity contribution in [3.8, 4) is 11.5 Å². The number of benzene rings is 3. The third-order valence-electron chi connectivity index (χ3n) is 6.14. The number of hydrazone groups is 1. The quantitative estimate of drug-likeness (QED) is 0.435. The van der Waals surface area contributed by atoms with E-state index in [0.29, 0.717) is 11.5 Å². The van der Waals surface area contributed by atoms with Crippen molar-refractivity contribution in [3.05, 3.63) is 94.5 Å². The van der Waals surface area contributed by atoms with Gasteiger partial charge in [-0.3, -0.25) is 4.79 Å². The third kappa shape index (κ3) is 4.11. The van der Waals surface area contributed by atoms with E-state index in [-0.39, 0.29) is 17.2 Å². The van der Waals surface area contributed by atoms with Gasteiger partial charge < -0.3 is 9.47 Å². The molecule has 3 aromatic carbocycles. The summed E-state index contributed by atoms with van der Waals surface area (Å²) in [6.45, 7) is 4.16. The van der Waals surface area contributed by atoms with Crippen molar-refractivity contribution >= 4 is 12.1 Å². The maximum Gasteiger partial charge on any atom is 0.244 e. The van der Waals surface area contributed by atoms with Gasteiger partial charge in [0.25, 0.3) is 0 Å². The van der Waals surface area contributed by atoms with Gasteiger partial charge in [0, 0.05) is 5.41 Å². The molecule has 0 aromatic heterocycles. The van der Waals surface area contributed by atoms with Crippen molar-refractivity contribution in [1.82, 2.24) is 5.43 Å². The highest BCUT2D eigenvalue weighted by atomic mass is 16.5.